The first-order valence-corrected chi connectivity index (χ1v) is 6.03. The number of carbonyl (C=O) groups is 1. The minimum atomic E-state index is -0.151. The Labute approximate surface area is 102 Å². The van der Waals surface area contributed by atoms with E-state index in [1.54, 1.807) is 17.4 Å². The highest BCUT2D eigenvalue weighted by Crippen LogP contribution is 2.32. The first kappa shape index (κ1) is 12.1. The van der Waals surface area contributed by atoms with E-state index in [-0.39, 0.29) is 17.4 Å². The maximum absolute atomic E-state index is 12.5. The number of imidazole rings is 1. The summed E-state index contributed by atoms with van der Waals surface area (Å²) in [5, 5.41) is 3.15. The van der Waals surface area contributed by atoms with E-state index in [4.69, 9.17) is 0 Å². The molecule has 1 aliphatic heterocycles. The van der Waals surface area contributed by atoms with E-state index in [1.807, 2.05) is 7.05 Å². The summed E-state index contributed by atoms with van der Waals surface area (Å²) in [5.41, 5.74) is -0.0170. The average molecular weight is 236 g/mol. The molecule has 1 amide bonds. The van der Waals surface area contributed by atoms with Gasteiger partial charge in [0.1, 0.15) is 0 Å². The largest absolute Gasteiger partial charge is 0.349 e. The van der Waals surface area contributed by atoms with Crippen LogP contribution in [0.2, 0.25) is 0 Å². The second-order valence-corrected chi connectivity index (χ2v) is 5.23. The van der Waals surface area contributed by atoms with Crippen LogP contribution in [-0.2, 0) is 4.79 Å². The molecule has 0 aliphatic carbocycles. The molecular weight excluding hydrogens is 216 g/mol. The highest BCUT2D eigenvalue weighted by atomic mass is 16.2. The monoisotopic (exact) mass is 236 g/mol. The Bertz CT molecular complexity index is 385. The lowest BCUT2D eigenvalue weighted by Gasteiger charge is -2.32. The highest BCUT2D eigenvalue weighted by molar-refractivity contribution is 5.97. The van der Waals surface area contributed by atoms with Crippen LogP contribution in [-0.4, -0.2) is 35.5 Å². The van der Waals surface area contributed by atoms with Crippen molar-refractivity contribution in [2.75, 3.05) is 18.5 Å². The molecule has 1 aliphatic rings. The lowest BCUT2D eigenvalue weighted by molar-refractivity contribution is -0.122. The third-order valence-corrected chi connectivity index (χ3v) is 3.55. The molecule has 0 aromatic carbocycles. The fourth-order valence-electron chi connectivity index (χ4n) is 2.58. The van der Waals surface area contributed by atoms with E-state index in [9.17, 15) is 4.79 Å². The van der Waals surface area contributed by atoms with E-state index < -0.39 is 0 Å². The van der Waals surface area contributed by atoms with Crippen molar-refractivity contribution in [1.82, 2.24) is 15.3 Å². The van der Waals surface area contributed by atoms with Gasteiger partial charge in [-0.3, -0.25) is 9.69 Å². The maximum atomic E-state index is 12.5. The van der Waals surface area contributed by atoms with Gasteiger partial charge in [-0.15, -0.1) is 0 Å². The van der Waals surface area contributed by atoms with Gasteiger partial charge in [0, 0.05) is 12.7 Å². The Hall–Kier alpha value is -1.36. The molecule has 1 aromatic heterocycles. The van der Waals surface area contributed by atoms with Crippen molar-refractivity contribution in [3.63, 3.8) is 0 Å². The second kappa shape index (κ2) is 4.49. The van der Waals surface area contributed by atoms with Crippen molar-refractivity contribution in [3.8, 4) is 0 Å². The normalized spacial score (nSPS) is 24.8. The molecule has 17 heavy (non-hydrogen) atoms. The lowest BCUT2D eigenvalue weighted by Crippen LogP contribution is -2.51. The predicted octanol–water partition coefficient (Wildman–Crippen LogP) is 1.15. The third-order valence-electron chi connectivity index (χ3n) is 3.55. The predicted molar refractivity (Wildman–Crippen MR) is 66.8 cm³/mol. The van der Waals surface area contributed by atoms with Crippen molar-refractivity contribution in [1.29, 1.82) is 0 Å². The van der Waals surface area contributed by atoms with Crippen LogP contribution in [0.5, 0.6) is 0 Å². The maximum Gasteiger partial charge on any atom is 0.245 e. The highest BCUT2D eigenvalue weighted by Gasteiger charge is 2.39. The molecule has 1 saturated heterocycles. The molecule has 0 saturated carbocycles. The zero-order chi connectivity index (χ0) is 12.5. The fraction of sp³-hybridized carbons (Fsp3) is 0.667. The molecule has 0 spiro atoms. The molecule has 1 fully saturated rings. The summed E-state index contributed by atoms with van der Waals surface area (Å²) in [4.78, 5) is 21.3. The van der Waals surface area contributed by atoms with Crippen molar-refractivity contribution in [2.45, 2.75) is 32.7 Å². The molecule has 94 valence electrons. The van der Waals surface area contributed by atoms with E-state index in [0.717, 1.165) is 19.4 Å². The zero-order valence-corrected chi connectivity index (χ0v) is 10.7. The average Bonchev–Trinajstić information content (AvgIpc) is 2.74. The van der Waals surface area contributed by atoms with Gasteiger partial charge in [0.05, 0.1) is 12.4 Å². The smallest absolute Gasteiger partial charge is 0.245 e. The zero-order valence-electron chi connectivity index (χ0n) is 10.7. The van der Waals surface area contributed by atoms with Crippen LogP contribution in [0.4, 0.5) is 5.82 Å². The summed E-state index contributed by atoms with van der Waals surface area (Å²) in [6.07, 6.45) is 5.41. The molecule has 5 nitrogen and oxygen atoms in total. The molecule has 2 N–H and O–H groups in total. The number of amides is 1. The van der Waals surface area contributed by atoms with Crippen LogP contribution in [0.15, 0.2) is 12.5 Å². The quantitative estimate of drug-likeness (QED) is 0.809. The van der Waals surface area contributed by atoms with E-state index in [2.05, 4.69) is 29.1 Å². The Morgan fingerprint density at radius 3 is 2.94 bits per heavy atom. The van der Waals surface area contributed by atoms with Crippen molar-refractivity contribution in [2.24, 2.45) is 5.41 Å². The van der Waals surface area contributed by atoms with Crippen LogP contribution in [0.1, 0.15) is 26.7 Å². The fourth-order valence-corrected chi connectivity index (χ4v) is 2.58. The second-order valence-electron chi connectivity index (χ2n) is 5.23. The molecule has 2 rings (SSSR count). The Kier molecular flexibility index (Phi) is 3.19. The minimum absolute atomic E-state index is 0.0170. The van der Waals surface area contributed by atoms with Crippen LogP contribution >= 0.6 is 0 Å². The molecule has 2 heterocycles. The third kappa shape index (κ3) is 2.20. The Morgan fingerprint density at radius 2 is 2.35 bits per heavy atom. The number of aromatic amines is 1. The Balaban J connectivity index is 2.29. The summed E-state index contributed by atoms with van der Waals surface area (Å²) < 4.78 is 0. The number of H-pyrrole nitrogens is 1. The van der Waals surface area contributed by atoms with Gasteiger partial charge in [-0.2, -0.15) is 0 Å². The minimum Gasteiger partial charge on any atom is -0.349 e. The van der Waals surface area contributed by atoms with Gasteiger partial charge in [0.15, 0.2) is 5.82 Å². The van der Waals surface area contributed by atoms with Gasteiger partial charge in [0.25, 0.3) is 0 Å². The summed E-state index contributed by atoms with van der Waals surface area (Å²) in [5.74, 6) is 0.829. The van der Waals surface area contributed by atoms with Crippen LogP contribution < -0.4 is 10.2 Å². The van der Waals surface area contributed by atoms with E-state index in [0.29, 0.717) is 5.82 Å². The molecule has 1 unspecified atom stereocenters. The van der Waals surface area contributed by atoms with Crippen LogP contribution in [0, 0.1) is 5.41 Å². The van der Waals surface area contributed by atoms with Crippen LogP contribution in [0.25, 0.3) is 0 Å². The van der Waals surface area contributed by atoms with Gasteiger partial charge < -0.3 is 10.3 Å². The van der Waals surface area contributed by atoms with E-state index >= 15 is 0 Å². The number of hydrogen-bond acceptors (Lipinski definition) is 3. The summed E-state index contributed by atoms with van der Waals surface area (Å²) >= 11 is 0. The molecule has 1 atom stereocenters. The molecule has 5 heteroatoms. The van der Waals surface area contributed by atoms with Crippen molar-refractivity contribution >= 4 is 11.7 Å². The van der Waals surface area contributed by atoms with Crippen LogP contribution in [0.3, 0.4) is 0 Å². The van der Waals surface area contributed by atoms with Gasteiger partial charge in [-0.25, -0.2) is 4.98 Å². The van der Waals surface area contributed by atoms with Crippen molar-refractivity contribution < 1.29 is 4.79 Å². The Morgan fingerprint density at radius 1 is 1.59 bits per heavy atom. The SMILES string of the molecule is CNC1C(=O)N(c2c[nH]cn2)CCCC1(C)C. The first-order chi connectivity index (χ1) is 8.06. The standard InChI is InChI=1S/C12H20N4O/c1-12(2)5-4-6-16(9-7-14-8-15-9)11(17)10(12)13-3/h7-8,10,13H,4-6H2,1-3H3,(H,14,15). The molecular formula is C12H20N4O. The lowest BCUT2D eigenvalue weighted by atomic mass is 9.80. The summed E-state index contributed by atoms with van der Waals surface area (Å²) in [6.45, 7) is 5.02. The number of nitrogens with zero attached hydrogens (tertiary/aromatic N) is 2. The topological polar surface area (TPSA) is 61.0 Å². The number of nitrogens with one attached hydrogen (secondary N) is 2. The summed E-state index contributed by atoms with van der Waals surface area (Å²) in [7, 11) is 1.85. The van der Waals surface area contributed by atoms with Gasteiger partial charge >= 0.3 is 0 Å². The molecule has 0 radical (unpaired) electrons. The number of aromatic nitrogens is 2. The van der Waals surface area contributed by atoms with Gasteiger partial charge in [-0.1, -0.05) is 13.8 Å². The number of anilines is 1. The molecule has 0 bridgehead atoms. The van der Waals surface area contributed by atoms with Crippen molar-refractivity contribution in [3.05, 3.63) is 12.5 Å². The first-order valence-electron chi connectivity index (χ1n) is 6.03. The number of likely N-dealkylation sites (N-methyl/N-ethyl adjacent to an activating group) is 1. The summed E-state index contributed by atoms with van der Waals surface area (Å²) in [6, 6.07) is -0.151. The molecule has 1 aromatic rings. The number of carbonyl (C=O) groups excluding carboxylic acids is 1. The van der Waals surface area contributed by atoms with Gasteiger partial charge in [0.2, 0.25) is 5.91 Å². The number of rotatable bonds is 2. The van der Waals surface area contributed by atoms with Gasteiger partial charge in [-0.05, 0) is 25.3 Å². The van der Waals surface area contributed by atoms with E-state index in [1.165, 1.54) is 0 Å². The number of hydrogen-bond donors (Lipinski definition) is 2.